The molecule has 0 saturated carbocycles. The molecular weight excluding hydrogens is 236 g/mol. The monoisotopic (exact) mass is 258 g/mol. The van der Waals surface area contributed by atoms with Crippen molar-refractivity contribution >= 4 is 11.0 Å². The van der Waals surface area contributed by atoms with E-state index < -0.39 is 0 Å². The highest BCUT2D eigenvalue weighted by Gasteiger charge is 2.17. The molecule has 0 bridgehead atoms. The Bertz CT molecular complexity index is 560. The molecule has 1 aromatic heterocycles. The minimum absolute atomic E-state index is 0.660. The van der Waals surface area contributed by atoms with Gasteiger partial charge in [0.1, 0.15) is 0 Å². The van der Waals surface area contributed by atoms with Crippen LogP contribution in [-0.4, -0.2) is 47.2 Å². The first-order chi connectivity index (χ1) is 9.24. The van der Waals surface area contributed by atoms with Crippen LogP contribution >= 0.6 is 0 Å². The van der Waals surface area contributed by atoms with Crippen molar-refractivity contribution in [2.75, 3.05) is 26.7 Å². The SMILES string of the molecule is CN1CCNCC1CCc1ccc2c(c1)ncn2C. The second-order valence-corrected chi connectivity index (χ2v) is 5.56. The maximum Gasteiger partial charge on any atom is 0.0955 e. The van der Waals surface area contributed by atoms with Gasteiger partial charge in [-0.1, -0.05) is 6.07 Å². The summed E-state index contributed by atoms with van der Waals surface area (Å²) in [5, 5.41) is 3.48. The van der Waals surface area contributed by atoms with Crippen LogP contribution in [0.2, 0.25) is 0 Å². The molecule has 4 nitrogen and oxygen atoms in total. The Labute approximate surface area is 114 Å². The first-order valence-corrected chi connectivity index (χ1v) is 7.05. The highest BCUT2D eigenvalue weighted by molar-refractivity contribution is 5.75. The van der Waals surface area contributed by atoms with Gasteiger partial charge in [0.05, 0.1) is 17.4 Å². The summed E-state index contributed by atoms with van der Waals surface area (Å²) in [6.07, 6.45) is 4.22. The molecule has 1 aromatic carbocycles. The lowest BCUT2D eigenvalue weighted by atomic mass is 10.0. The van der Waals surface area contributed by atoms with Crippen molar-refractivity contribution in [2.45, 2.75) is 18.9 Å². The van der Waals surface area contributed by atoms with Crippen LogP contribution in [0.5, 0.6) is 0 Å². The van der Waals surface area contributed by atoms with E-state index in [2.05, 4.69) is 45.0 Å². The third kappa shape index (κ3) is 2.65. The number of nitrogens with one attached hydrogen (secondary N) is 1. The van der Waals surface area contributed by atoms with Crippen LogP contribution < -0.4 is 5.32 Å². The van der Waals surface area contributed by atoms with Crippen LogP contribution in [0.4, 0.5) is 0 Å². The molecule has 1 aliphatic heterocycles. The Hall–Kier alpha value is -1.39. The third-order valence-corrected chi connectivity index (χ3v) is 4.20. The van der Waals surface area contributed by atoms with Gasteiger partial charge < -0.3 is 14.8 Å². The van der Waals surface area contributed by atoms with E-state index in [0.29, 0.717) is 6.04 Å². The van der Waals surface area contributed by atoms with Gasteiger partial charge >= 0.3 is 0 Å². The van der Waals surface area contributed by atoms with Gasteiger partial charge in [0.25, 0.3) is 0 Å². The normalized spacial score (nSPS) is 21.1. The third-order valence-electron chi connectivity index (χ3n) is 4.20. The lowest BCUT2D eigenvalue weighted by Crippen LogP contribution is -2.49. The van der Waals surface area contributed by atoms with E-state index in [1.54, 1.807) is 0 Å². The summed E-state index contributed by atoms with van der Waals surface area (Å²) in [6.45, 7) is 3.39. The minimum Gasteiger partial charge on any atom is -0.334 e. The number of imidazole rings is 1. The molecular formula is C15H22N4. The predicted molar refractivity (Wildman–Crippen MR) is 78.3 cm³/mol. The lowest BCUT2D eigenvalue weighted by molar-refractivity contribution is 0.191. The summed E-state index contributed by atoms with van der Waals surface area (Å²) < 4.78 is 2.07. The summed E-state index contributed by atoms with van der Waals surface area (Å²) in [6, 6.07) is 7.31. The standard InChI is InChI=1S/C15H22N4/c1-18-8-7-16-10-13(18)5-3-12-4-6-15-14(9-12)17-11-19(15)2/h4,6,9,11,13,16H,3,5,7-8,10H2,1-2H3. The van der Waals surface area contributed by atoms with E-state index in [0.717, 1.165) is 31.6 Å². The first-order valence-electron chi connectivity index (χ1n) is 7.05. The van der Waals surface area contributed by atoms with Crippen molar-refractivity contribution in [3.63, 3.8) is 0 Å². The summed E-state index contributed by atoms with van der Waals surface area (Å²) >= 11 is 0. The highest BCUT2D eigenvalue weighted by Crippen LogP contribution is 2.16. The molecule has 2 aromatic rings. The molecule has 1 atom stereocenters. The molecule has 1 N–H and O–H groups in total. The van der Waals surface area contributed by atoms with E-state index in [9.17, 15) is 0 Å². The maximum atomic E-state index is 4.43. The fourth-order valence-electron chi connectivity index (χ4n) is 2.86. The lowest BCUT2D eigenvalue weighted by Gasteiger charge is -2.33. The van der Waals surface area contributed by atoms with Crippen LogP contribution in [0.15, 0.2) is 24.5 Å². The van der Waals surface area contributed by atoms with Gasteiger partial charge in [0.2, 0.25) is 0 Å². The second kappa shape index (κ2) is 5.31. The van der Waals surface area contributed by atoms with E-state index >= 15 is 0 Å². The molecule has 0 amide bonds. The van der Waals surface area contributed by atoms with Gasteiger partial charge in [-0.05, 0) is 37.6 Å². The number of aryl methyl sites for hydroxylation is 2. The molecule has 1 aliphatic rings. The molecule has 1 fully saturated rings. The molecule has 2 heterocycles. The predicted octanol–water partition coefficient (Wildman–Crippen LogP) is 1.41. The minimum atomic E-state index is 0.660. The Kier molecular flexibility index (Phi) is 3.53. The van der Waals surface area contributed by atoms with Crippen LogP contribution in [0, 0.1) is 0 Å². The van der Waals surface area contributed by atoms with Gasteiger partial charge in [-0.2, -0.15) is 0 Å². The smallest absolute Gasteiger partial charge is 0.0955 e. The zero-order valence-corrected chi connectivity index (χ0v) is 11.8. The number of hydrogen-bond acceptors (Lipinski definition) is 3. The fourth-order valence-corrected chi connectivity index (χ4v) is 2.86. The van der Waals surface area contributed by atoms with E-state index in [1.165, 1.54) is 17.5 Å². The zero-order chi connectivity index (χ0) is 13.2. The molecule has 1 unspecified atom stereocenters. The summed E-state index contributed by atoms with van der Waals surface area (Å²) in [5.41, 5.74) is 3.71. The van der Waals surface area contributed by atoms with Crippen molar-refractivity contribution in [3.05, 3.63) is 30.1 Å². The number of hydrogen-bond donors (Lipinski definition) is 1. The van der Waals surface area contributed by atoms with Crippen LogP contribution in [0.3, 0.4) is 0 Å². The summed E-state index contributed by atoms with van der Waals surface area (Å²) in [7, 11) is 4.27. The first kappa shape index (κ1) is 12.6. The summed E-state index contributed by atoms with van der Waals surface area (Å²) in [4.78, 5) is 6.90. The molecule has 0 radical (unpaired) electrons. The van der Waals surface area contributed by atoms with E-state index in [1.807, 2.05) is 13.4 Å². The molecule has 4 heteroatoms. The number of piperazine rings is 1. The van der Waals surface area contributed by atoms with Crippen LogP contribution in [0.25, 0.3) is 11.0 Å². The number of fused-ring (bicyclic) bond motifs is 1. The van der Waals surface area contributed by atoms with Gasteiger partial charge in [0.15, 0.2) is 0 Å². The molecule has 0 aliphatic carbocycles. The number of aromatic nitrogens is 2. The highest BCUT2D eigenvalue weighted by atomic mass is 15.2. The molecule has 19 heavy (non-hydrogen) atoms. The molecule has 3 rings (SSSR count). The fraction of sp³-hybridized carbons (Fsp3) is 0.533. The topological polar surface area (TPSA) is 33.1 Å². The number of likely N-dealkylation sites (N-methyl/N-ethyl adjacent to an activating group) is 1. The van der Waals surface area contributed by atoms with Crippen molar-refractivity contribution in [3.8, 4) is 0 Å². The average molecular weight is 258 g/mol. The van der Waals surface area contributed by atoms with Crippen molar-refractivity contribution < 1.29 is 0 Å². The van der Waals surface area contributed by atoms with Gasteiger partial charge in [-0.15, -0.1) is 0 Å². The maximum absolute atomic E-state index is 4.43. The quantitative estimate of drug-likeness (QED) is 0.903. The van der Waals surface area contributed by atoms with Crippen molar-refractivity contribution in [1.82, 2.24) is 19.8 Å². The Morgan fingerprint density at radius 2 is 2.26 bits per heavy atom. The van der Waals surface area contributed by atoms with Gasteiger partial charge in [-0.3, -0.25) is 0 Å². The van der Waals surface area contributed by atoms with Gasteiger partial charge in [-0.25, -0.2) is 4.98 Å². The summed E-state index contributed by atoms with van der Waals surface area (Å²) in [5.74, 6) is 0. The van der Waals surface area contributed by atoms with E-state index in [4.69, 9.17) is 0 Å². The number of nitrogens with zero attached hydrogens (tertiary/aromatic N) is 3. The van der Waals surface area contributed by atoms with Crippen LogP contribution in [0.1, 0.15) is 12.0 Å². The second-order valence-electron chi connectivity index (χ2n) is 5.56. The Morgan fingerprint density at radius 1 is 1.37 bits per heavy atom. The Balaban J connectivity index is 1.67. The largest absolute Gasteiger partial charge is 0.334 e. The number of rotatable bonds is 3. The molecule has 0 spiro atoms. The van der Waals surface area contributed by atoms with Crippen LogP contribution in [-0.2, 0) is 13.5 Å². The molecule has 1 saturated heterocycles. The zero-order valence-electron chi connectivity index (χ0n) is 11.8. The van der Waals surface area contributed by atoms with Crippen molar-refractivity contribution in [2.24, 2.45) is 7.05 Å². The van der Waals surface area contributed by atoms with Gasteiger partial charge in [0, 0.05) is 32.7 Å². The molecule has 102 valence electrons. The average Bonchev–Trinajstić information content (AvgIpc) is 2.79. The van der Waals surface area contributed by atoms with Crippen molar-refractivity contribution in [1.29, 1.82) is 0 Å². The van der Waals surface area contributed by atoms with E-state index in [-0.39, 0.29) is 0 Å². The Morgan fingerprint density at radius 3 is 3.11 bits per heavy atom. The number of benzene rings is 1.